The summed E-state index contributed by atoms with van der Waals surface area (Å²) in [5.41, 5.74) is 1.33. The van der Waals surface area contributed by atoms with Crippen LogP contribution in [0.1, 0.15) is 32.1 Å². The van der Waals surface area contributed by atoms with E-state index in [1.54, 1.807) is 12.1 Å². The van der Waals surface area contributed by atoms with Gasteiger partial charge < -0.3 is 25.1 Å². The Morgan fingerprint density at radius 1 is 1.04 bits per heavy atom. The zero-order chi connectivity index (χ0) is 19.7. The van der Waals surface area contributed by atoms with E-state index in [4.69, 9.17) is 9.15 Å². The fraction of sp³-hybridized carbons (Fsp3) is 0.400. The number of carbonyl (C=O) groups is 2. The number of urea groups is 1. The molecule has 27 heavy (non-hydrogen) atoms. The van der Waals surface area contributed by atoms with Crippen LogP contribution in [-0.4, -0.2) is 31.6 Å². The van der Waals surface area contributed by atoms with Gasteiger partial charge >= 0.3 is 6.03 Å². The Balaban J connectivity index is 1.57. The molecule has 0 saturated carbocycles. The first-order valence-corrected chi connectivity index (χ1v) is 8.89. The van der Waals surface area contributed by atoms with Gasteiger partial charge in [-0.3, -0.25) is 4.79 Å². The van der Waals surface area contributed by atoms with E-state index in [1.807, 2.05) is 24.3 Å². The predicted molar refractivity (Wildman–Crippen MR) is 103 cm³/mol. The molecule has 0 saturated heterocycles. The molecule has 0 aliphatic carbocycles. The second-order valence-electron chi connectivity index (χ2n) is 7.09. The highest BCUT2D eigenvalue weighted by Gasteiger charge is 2.13. The van der Waals surface area contributed by atoms with Crippen LogP contribution < -0.4 is 20.7 Å². The first-order chi connectivity index (χ1) is 12.8. The summed E-state index contributed by atoms with van der Waals surface area (Å²) in [4.78, 5) is 23.3. The Hall–Kier alpha value is -2.96. The third-order valence-corrected chi connectivity index (χ3v) is 3.83. The number of carbonyl (C=O) groups excluding carboxylic acids is 2. The van der Waals surface area contributed by atoms with E-state index in [-0.39, 0.29) is 24.4 Å². The molecule has 1 aromatic heterocycles. The molecule has 0 radical (unpaired) electrons. The summed E-state index contributed by atoms with van der Waals surface area (Å²) in [5, 5.41) is 7.77. The van der Waals surface area contributed by atoms with Gasteiger partial charge in [-0.2, -0.15) is 0 Å². The van der Waals surface area contributed by atoms with Gasteiger partial charge in [0.1, 0.15) is 18.1 Å². The molecule has 2 rings (SSSR count). The standard InChI is InChI=1S/C20H27N3O4/c1-20(2,3)15-6-8-16(9-7-15)27-12-10-21-19(25)23-14-18(24)22-13-17-5-4-11-26-17/h4-9,11H,10,12-14H2,1-3H3,(H,22,24)(H2,21,23,25). The monoisotopic (exact) mass is 373 g/mol. The number of hydrogen-bond acceptors (Lipinski definition) is 4. The summed E-state index contributed by atoms with van der Waals surface area (Å²) < 4.78 is 10.7. The fourth-order valence-corrected chi connectivity index (χ4v) is 2.27. The molecule has 2 aromatic rings. The van der Waals surface area contributed by atoms with Crippen molar-refractivity contribution in [3.05, 3.63) is 54.0 Å². The number of hydrogen-bond donors (Lipinski definition) is 3. The van der Waals surface area contributed by atoms with Crippen molar-refractivity contribution in [3.8, 4) is 5.75 Å². The first kappa shape index (κ1) is 20.4. The Morgan fingerprint density at radius 3 is 2.41 bits per heavy atom. The summed E-state index contributed by atoms with van der Waals surface area (Å²) in [7, 11) is 0. The van der Waals surface area contributed by atoms with E-state index < -0.39 is 6.03 Å². The van der Waals surface area contributed by atoms with E-state index in [1.165, 1.54) is 11.8 Å². The van der Waals surface area contributed by atoms with Crippen molar-refractivity contribution >= 4 is 11.9 Å². The molecular formula is C20H27N3O4. The third-order valence-electron chi connectivity index (χ3n) is 3.83. The lowest BCUT2D eigenvalue weighted by Gasteiger charge is -2.19. The summed E-state index contributed by atoms with van der Waals surface area (Å²) >= 11 is 0. The van der Waals surface area contributed by atoms with Crippen LogP contribution in [0.3, 0.4) is 0 Å². The average molecular weight is 373 g/mol. The van der Waals surface area contributed by atoms with Crippen molar-refractivity contribution in [1.82, 2.24) is 16.0 Å². The lowest BCUT2D eigenvalue weighted by Crippen LogP contribution is -2.42. The van der Waals surface area contributed by atoms with Crippen LogP contribution >= 0.6 is 0 Å². The summed E-state index contributed by atoms with van der Waals surface area (Å²) in [6, 6.07) is 11.0. The Kier molecular flexibility index (Phi) is 7.28. The zero-order valence-electron chi connectivity index (χ0n) is 16.0. The van der Waals surface area contributed by atoms with Crippen LogP contribution in [0.4, 0.5) is 4.79 Å². The minimum atomic E-state index is -0.421. The van der Waals surface area contributed by atoms with Crippen LogP contribution in [0, 0.1) is 0 Å². The molecule has 0 bridgehead atoms. The second kappa shape index (κ2) is 9.66. The quantitative estimate of drug-likeness (QED) is 0.620. The molecule has 0 aliphatic heterocycles. The van der Waals surface area contributed by atoms with Crippen LogP contribution in [0.5, 0.6) is 5.75 Å². The number of ether oxygens (including phenoxy) is 1. The molecule has 146 valence electrons. The van der Waals surface area contributed by atoms with Crippen LogP contribution in [0.2, 0.25) is 0 Å². The SMILES string of the molecule is CC(C)(C)c1ccc(OCCNC(=O)NCC(=O)NCc2ccco2)cc1. The average Bonchev–Trinajstić information content (AvgIpc) is 3.15. The Bertz CT molecular complexity index is 719. The number of benzene rings is 1. The molecule has 0 fully saturated rings. The maximum atomic E-state index is 11.7. The van der Waals surface area contributed by atoms with Crippen molar-refractivity contribution in [2.24, 2.45) is 0 Å². The molecule has 7 nitrogen and oxygen atoms in total. The fourth-order valence-electron chi connectivity index (χ4n) is 2.27. The molecule has 3 N–H and O–H groups in total. The topological polar surface area (TPSA) is 92.6 Å². The van der Waals surface area contributed by atoms with Gasteiger partial charge in [-0.25, -0.2) is 4.79 Å². The maximum absolute atomic E-state index is 11.7. The van der Waals surface area contributed by atoms with Crippen LogP contribution in [-0.2, 0) is 16.8 Å². The van der Waals surface area contributed by atoms with Gasteiger partial charge in [-0.05, 0) is 35.2 Å². The first-order valence-electron chi connectivity index (χ1n) is 8.89. The van der Waals surface area contributed by atoms with Crippen molar-refractivity contribution in [1.29, 1.82) is 0 Å². The third kappa shape index (κ3) is 7.43. The largest absolute Gasteiger partial charge is 0.492 e. The van der Waals surface area contributed by atoms with E-state index in [2.05, 4.69) is 36.7 Å². The van der Waals surface area contributed by atoms with Crippen LogP contribution in [0.25, 0.3) is 0 Å². The summed E-state index contributed by atoms with van der Waals surface area (Å²) in [5.74, 6) is 1.11. The number of furan rings is 1. The zero-order valence-corrected chi connectivity index (χ0v) is 16.0. The highest BCUT2D eigenvalue weighted by Crippen LogP contribution is 2.24. The molecular weight excluding hydrogens is 346 g/mol. The molecule has 0 spiro atoms. The maximum Gasteiger partial charge on any atom is 0.315 e. The molecule has 3 amide bonds. The van der Waals surface area contributed by atoms with Crippen molar-refractivity contribution in [2.45, 2.75) is 32.7 Å². The van der Waals surface area contributed by atoms with Gasteiger partial charge in [0.15, 0.2) is 0 Å². The summed E-state index contributed by atoms with van der Waals surface area (Å²) in [6.45, 7) is 7.32. The molecule has 7 heteroatoms. The summed E-state index contributed by atoms with van der Waals surface area (Å²) in [6.07, 6.45) is 1.54. The van der Waals surface area contributed by atoms with E-state index >= 15 is 0 Å². The van der Waals surface area contributed by atoms with E-state index in [0.717, 1.165) is 5.75 Å². The molecule has 0 unspecified atom stereocenters. The van der Waals surface area contributed by atoms with Gasteiger partial charge in [0, 0.05) is 0 Å². The molecule has 1 aromatic carbocycles. The lowest BCUT2D eigenvalue weighted by atomic mass is 9.87. The minimum Gasteiger partial charge on any atom is -0.492 e. The highest BCUT2D eigenvalue weighted by molar-refractivity contribution is 5.83. The molecule has 1 heterocycles. The highest BCUT2D eigenvalue weighted by atomic mass is 16.5. The molecule has 0 atom stereocenters. The van der Waals surface area contributed by atoms with Gasteiger partial charge in [-0.1, -0.05) is 32.9 Å². The van der Waals surface area contributed by atoms with Crippen molar-refractivity contribution in [2.75, 3.05) is 19.7 Å². The number of rotatable bonds is 8. The predicted octanol–water partition coefficient (Wildman–Crippen LogP) is 2.57. The number of nitrogens with one attached hydrogen (secondary N) is 3. The van der Waals surface area contributed by atoms with Gasteiger partial charge in [-0.15, -0.1) is 0 Å². The van der Waals surface area contributed by atoms with Gasteiger partial charge in [0.05, 0.1) is 25.9 Å². The second-order valence-corrected chi connectivity index (χ2v) is 7.09. The van der Waals surface area contributed by atoms with Crippen molar-refractivity contribution < 1.29 is 18.7 Å². The van der Waals surface area contributed by atoms with E-state index in [0.29, 0.717) is 18.9 Å². The van der Waals surface area contributed by atoms with E-state index in [9.17, 15) is 9.59 Å². The molecule has 0 aliphatic rings. The minimum absolute atomic E-state index is 0.0996. The van der Waals surface area contributed by atoms with Crippen LogP contribution in [0.15, 0.2) is 47.1 Å². The lowest BCUT2D eigenvalue weighted by molar-refractivity contribution is -0.120. The van der Waals surface area contributed by atoms with Gasteiger partial charge in [0.2, 0.25) is 5.91 Å². The van der Waals surface area contributed by atoms with Crippen molar-refractivity contribution in [3.63, 3.8) is 0 Å². The van der Waals surface area contributed by atoms with Gasteiger partial charge in [0.25, 0.3) is 0 Å². The number of amides is 3. The normalized spacial score (nSPS) is 10.9. The smallest absolute Gasteiger partial charge is 0.315 e. The Labute approximate surface area is 159 Å². The Morgan fingerprint density at radius 2 is 1.78 bits per heavy atom.